The van der Waals surface area contributed by atoms with E-state index in [-0.39, 0.29) is 5.41 Å². The molecule has 0 spiro atoms. The van der Waals surface area contributed by atoms with E-state index in [9.17, 15) is 4.79 Å². The second kappa shape index (κ2) is 8.85. The van der Waals surface area contributed by atoms with Gasteiger partial charge in [0.1, 0.15) is 0 Å². The van der Waals surface area contributed by atoms with Gasteiger partial charge in [-0.2, -0.15) is 0 Å². The molecule has 1 saturated heterocycles. The lowest BCUT2D eigenvalue weighted by atomic mass is 9.71. The molecule has 0 aromatic carbocycles. The Morgan fingerprint density at radius 1 is 1.27 bits per heavy atom. The highest BCUT2D eigenvalue weighted by Gasteiger charge is 2.36. The Labute approximate surface area is 134 Å². The molecule has 1 amide bonds. The number of carbonyl (C=O) groups is 1. The number of amides is 1. The van der Waals surface area contributed by atoms with Gasteiger partial charge in [-0.25, -0.2) is 0 Å². The first-order chi connectivity index (χ1) is 10.7. The van der Waals surface area contributed by atoms with Gasteiger partial charge in [-0.05, 0) is 31.2 Å². The highest BCUT2D eigenvalue weighted by Crippen LogP contribution is 2.39. The largest absolute Gasteiger partial charge is 0.382 e. The van der Waals surface area contributed by atoms with Crippen LogP contribution in [0.5, 0.6) is 0 Å². The van der Waals surface area contributed by atoms with Gasteiger partial charge in [0.05, 0.1) is 19.8 Å². The molecular formula is C17H32N2O3. The number of nitrogens with zero attached hydrogens (tertiary/aromatic N) is 1. The van der Waals surface area contributed by atoms with Crippen molar-refractivity contribution in [3.8, 4) is 0 Å². The van der Waals surface area contributed by atoms with Crippen LogP contribution < -0.4 is 5.73 Å². The summed E-state index contributed by atoms with van der Waals surface area (Å²) in [5.41, 5.74) is 6.08. The summed E-state index contributed by atoms with van der Waals surface area (Å²) in [6.07, 6.45) is 7.66. The Morgan fingerprint density at radius 2 is 2.05 bits per heavy atom. The van der Waals surface area contributed by atoms with Gasteiger partial charge < -0.3 is 20.1 Å². The molecule has 22 heavy (non-hydrogen) atoms. The first-order valence-electron chi connectivity index (χ1n) is 8.74. The van der Waals surface area contributed by atoms with Crippen molar-refractivity contribution >= 4 is 5.91 Å². The fourth-order valence-corrected chi connectivity index (χ4v) is 3.77. The molecule has 1 heterocycles. The molecular weight excluding hydrogens is 280 g/mol. The van der Waals surface area contributed by atoms with Crippen molar-refractivity contribution in [3.63, 3.8) is 0 Å². The third-order valence-electron chi connectivity index (χ3n) is 5.30. The van der Waals surface area contributed by atoms with E-state index in [0.717, 1.165) is 39.0 Å². The number of carbonyl (C=O) groups excluding carboxylic acids is 1. The van der Waals surface area contributed by atoms with Crippen LogP contribution in [0.15, 0.2) is 0 Å². The number of rotatable bonds is 8. The molecule has 1 aliphatic heterocycles. The maximum atomic E-state index is 12.6. The van der Waals surface area contributed by atoms with E-state index in [4.69, 9.17) is 15.2 Å². The second-order valence-corrected chi connectivity index (χ2v) is 7.00. The minimum atomic E-state index is 0.0718. The van der Waals surface area contributed by atoms with Gasteiger partial charge in [-0.15, -0.1) is 0 Å². The van der Waals surface area contributed by atoms with Crippen LogP contribution in [-0.2, 0) is 14.3 Å². The summed E-state index contributed by atoms with van der Waals surface area (Å²) in [6, 6.07) is 0. The smallest absolute Gasteiger partial charge is 0.223 e. The van der Waals surface area contributed by atoms with Crippen LogP contribution in [0.3, 0.4) is 0 Å². The molecule has 2 fully saturated rings. The molecule has 2 rings (SSSR count). The van der Waals surface area contributed by atoms with Crippen molar-refractivity contribution in [3.05, 3.63) is 0 Å². The molecule has 1 saturated carbocycles. The summed E-state index contributed by atoms with van der Waals surface area (Å²) < 4.78 is 10.6. The van der Waals surface area contributed by atoms with Crippen molar-refractivity contribution in [1.29, 1.82) is 0 Å². The van der Waals surface area contributed by atoms with E-state index in [2.05, 4.69) is 0 Å². The molecule has 5 nitrogen and oxygen atoms in total. The fraction of sp³-hybridized carbons (Fsp3) is 0.941. The predicted molar refractivity (Wildman–Crippen MR) is 86.6 cm³/mol. The Hall–Kier alpha value is -0.650. The average Bonchev–Trinajstić information content (AvgIpc) is 3.01. The van der Waals surface area contributed by atoms with Crippen LogP contribution in [0.25, 0.3) is 0 Å². The van der Waals surface area contributed by atoms with Gasteiger partial charge in [0.2, 0.25) is 5.91 Å². The Balaban J connectivity index is 1.74. The van der Waals surface area contributed by atoms with Crippen LogP contribution in [0, 0.1) is 11.3 Å². The lowest BCUT2D eigenvalue weighted by Crippen LogP contribution is -2.40. The minimum absolute atomic E-state index is 0.0718. The third kappa shape index (κ3) is 4.93. The zero-order valence-corrected chi connectivity index (χ0v) is 14.0. The first kappa shape index (κ1) is 17.7. The Bertz CT molecular complexity index is 343. The molecule has 0 aromatic heterocycles. The van der Waals surface area contributed by atoms with E-state index >= 15 is 0 Å². The normalized spacial score (nSPS) is 24.6. The highest BCUT2D eigenvalue weighted by molar-refractivity contribution is 5.77. The first-order valence-corrected chi connectivity index (χ1v) is 8.74. The number of hydrogen-bond acceptors (Lipinski definition) is 4. The highest BCUT2D eigenvalue weighted by atomic mass is 16.5. The second-order valence-electron chi connectivity index (χ2n) is 7.00. The van der Waals surface area contributed by atoms with Crippen LogP contribution in [0.1, 0.15) is 44.9 Å². The number of methoxy groups -OCH3 is 1. The molecule has 128 valence electrons. The summed E-state index contributed by atoms with van der Waals surface area (Å²) in [5, 5.41) is 0. The average molecular weight is 312 g/mol. The fourth-order valence-electron chi connectivity index (χ4n) is 3.77. The zero-order chi connectivity index (χ0) is 15.8. The minimum Gasteiger partial charge on any atom is -0.382 e. The Kier molecular flexibility index (Phi) is 7.12. The zero-order valence-electron chi connectivity index (χ0n) is 14.0. The molecule has 1 unspecified atom stereocenters. The van der Waals surface area contributed by atoms with Crippen LogP contribution in [-0.4, -0.2) is 57.4 Å². The molecule has 1 atom stereocenters. The molecule has 5 heteroatoms. The van der Waals surface area contributed by atoms with Crippen molar-refractivity contribution in [2.45, 2.75) is 44.9 Å². The lowest BCUT2D eigenvalue weighted by molar-refractivity contribution is -0.133. The topological polar surface area (TPSA) is 64.8 Å². The summed E-state index contributed by atoms with van der Waals surface area (Å²) in [5.74, 6) is 0.771. The maximum absolute atomic E-state index is 12.6. The van der Waals surface area contributed by atoms with E-state index < -0.39 is 0 Å². The maximum Gasteiger partial charge on any atom is 0.223 e. The van der Waals surface area contributed by atoms with Crippen molar-refractivity contribution in [1.82, 2.24) is 4.90 Å². The van der Waals surface area contributed by atoms with Gasteiger partial charge in [0.25, 0.3) is 0 Å². The molecule has 0 bridgehead atoms. The molecule has 2 N–H and O–H groups in total. The van der Waals surface area contributed by atoms with Crippen LogP contribution in [0.2, 0.25) is 0 Å². The quantitative estimate of drug-likeness (QED) is 0.694. The van der Waals surface area contributed by atoms with E-state index in [0.29, 0.717) is 38.0 Å². The number of hydrogen-bond donors (Lipinski definition) is 1. The standard InChI is InChI=1S/C17H32N2O3/c1-21-9-10-22-13-15-5-8-19(12-15)16(20)11-17(14-18)6-3-2-4-7-17/h15H,2-14,18H2,1H3. The van der Waals surface area contributed by atoms with Crippen molar-refractivity contribution < 1.29 is 14.3 Å². The van der Waals surface area contributed by atoms with Gasteiger partial charge in [0, 0.05) is 32.5 Å². The van der Waals surface area contributed by atoms with E-state index in [1.54, 1.807) is 7.11 Å². The van der Waals surface area contributed by atoms with Gasteiger partial charge in [0.15, 0.2) is 0 Å². The summed E-state index contributed by atoms with van der Waals surface area (Å²) in [6.45, 7) is 4.36. The molecule has 1 aliphatic carbocycles. The monoisotopic (exact) mass is 312 g/mol. The molecule has 2 aliphatic rings. The Morgan fingerprint density at radius 3 is 2.73 bits per heavy atom. The van der Waals surface area contributed by atoms with E-state index in [1.807, 2.05) is 4.90 Å². The van der Waals surface area contributed by atoms with E-state index in [1.165, 1.54) is 19.3 Å². The van der Waals surface area contributed by atoms with Crippen molar-refractivity contribution in [2.75, 3.05) is 46.6 Å². The number of likely N-dealkylation sites (tertiary alicyclic amines) is 1. The van der Waals surface area contributed by atoms with Gasteiger partial charge >= 0.3 is 0 Å². The number of nitrogens with two attached hydrogens (primary N) is 1. The predicted octanol–water partition coefficient (Wildman–Crippen LogP) is 1.80. The molecule has 0 aromatic rings. The summed E-state index contributed by atoms with van der Waals surface area (Å²) in [4.78, 5) is 14.6. The van der Waals surface area contributed by atoms with Crippen LogP contribution in [0.4, 0.5) is 0 Å². The SMILES string of the molecule is COCCOCC1CCN(C(=O)CC2(CN)CCCCC2)C1. The molecule has 0 radical (unpaired) electrons. The lowest BCUT2D eigenvalue weighted by Gasteiger charge is -2.36. The van der Waals surface area contributed by atoms with Gasteiger partial charge in [-0.1, -0.05) is 19.3 Å². The third-order valence-corrected chi connectivity index (χ3v) is 5.30. The van der Waals surface area contributed by atoms with Gasteiger partial charge in [-0.3, -0.25) is 4.79 Å². The van der Waals surface area contributed by atoms with Crippen LogP contribution >= 0.6 is 0 Å². The number of ether oxygens (including phenoxy) is 2. The summed E-state index contributed by atoms with van der Waals surface area (Å²) >= 11 is 0. The van der Waals surface area contributed by atoms with Crippen molar-refractivity contribution in [2.24, 2.45) is 17.1 Å². The summed E-state index contributed by atoms with van der Waals surface area (Å²) in [7, 11) is 1.68.